The van der Waals surface area contributed by atoms with Crippen LogP contribution in [-0.2, 0) is 6.54 Å². The molecular formula is C18H24N4. The number of para-hydroxylation sites is 1. The molecule has 22 heavy (non-hydrogen) atoms. The first-order valence-electron chi connectivity index (χ1n) is 8.40. The highest BCUT2D eigenvalue weighted by Gasteiger charge is 2.28. The monoisotopic (exact) mass is 296 g/mol. The number of aromatic nitrogens is 1. The van der Waals surface area contributed by atoms with Crippen LogP contribution in [0.25, 0.3) is 10.9 Å². The lowest BCUT2D eigenvalue weighted by Crippen LogP contribution is -2.49. The maximum atomic E-state index is 4.59. The topological polar surface area (TPSA) is 31.4 Å². The van der Waals surface area contributed by atoms with E-state index in [0.29, 0.717) is 0 Å². The molecule has 4 heteroatoms. The van der Waals surface area contributed by atoms with Gasteiger partial charge in [-0.1, -0.05) is 24.3 Å². The average molecular weight is 296 g/mol. The zero-order valence-electron chi connectivity index (χ0n) is 13.0. The van der Waals surface area contributed by atoms with Crippen molar-refractivity contribution in [1.82, 2.24) is 20.1 Å². The van der Waals surface area contributed by atoms with E-state index in [-0.39, 0.29) is 0 Å². The Morgan fingerprint density at radius 1 is 1.09 bits per heavy atom. The molecule has 4 rings (SSSR count). The third-order valence-corrected chi connectivity index (χ3v) is 5.03. The number of likely N-dealkylation sites (tertiary alicyclic amines) is 1. The summed E-state index contributed by atoms with van der Waals surface area (Å²) in [5.41, 5.74) is 2.52. The van der Waals surface area contributed by atoms with Crippen molar-refractivity contribution in [1.29, 1.82) is 0 Å². The van der Waals surface area contributed by atoms with E-state index >= 15 is 0 Å². The summed E-state index contributed by atoms with van der Waals surface area (Å²) in [7, 11) is 0. The first-order chi connectivity index (χ1) is 10.9. The van der Waals surface area contributed by atoms with E-state index in [0.717, 1.165) is 31.2 Å². The second-order valence-corrected chi connectivity index (χ2v) is 6.46. The summed E-state index contributed by atoms with van der Waals surface area (Å²) in [5.74, 6) is 0. The zero-order valence-corrected chi connectivity index (χ0v) is 13.0. The summed E-state index contributed by atoms with van der Waals surface area (Å²) in [6.45, 7) is 8.12. The van der Waals surface area contributed by atoms with Gasteiger partial charge in [-0.05, 0) is 18.1 Å². The van der Waals surface area contributed by atoms with Gasteiger partial charge in [0, 0.05) is 63.4 Å². The Morgan fingerprint density at radius 2 is 1.95 bits per heavy atom. The molecule has 0 spiro atoms. The van der Waals surface area contributed by atoms with E-state index in [9.17, 15) is 0 Å². The van der Waals surface area contributed by atoms with Crippen LogP contribution in [0.5, 0.6) is 0 Å². The standard InChI is InChI=1S/C18H24N4/c1-3-15-5-2-7-20-18(15)16(4-1)13-21-10-6-17(14-21)22-11-8-19-9-12-22/h1-5,7,17,19H,6,8-14H2. The quantitative estimate of drug-likeness (QED) is 0.934. The molecule has 1 aromatic carbocycles. The van der Waals surface area contributed by atoms with Gasteiger partial charge in [0.2, 0.25) is 0 Å². The fourth-order valence-corrected chi connectivity index (χ4v) is 3.84. The molecule has 3 heterocycles. The minimum atomic E-state index is 0.741. The summed E-state index contributed by atoms with van der Waals surface area (Å²) in [5, 5.41) is 4.69. The molecule has 0 radical (unpaired) electrons. The molecule has 2 aliphatic heterocycles. The lowest BCUT2D eigenvalue weighted by molar-refractivity contribution is 0.170. The Morgan fingerprint density at radius 3 is 2.86 bits per heavy atom. The Bertz CT molecular complexity index is 631. The number of hydrogen-bond acceptors (Lipinski definition) is 4. The SMILES string of the molecule is c1cnc2c(CN3CCC(N4CCNCC4)C3)cccc2c1. The number of pyridine rings is 1. The van der Waals surface area contributed by atoms with Crippen molar-refractivity contribution in [2.45, 2.75) is 19.0 Å². The van der Waals surface area contributed by atoms with Gasteiger partial charge in [0.25, 0.3) is 0 Å². The van der Waals surface area contributed by atoms with E-state index < -0.39 is 0 Å². The number of hydrogen-bond donors (Lipinski definition) is 1. The molecule has 2 aliphatic rings. The second kappa shape index (κ2) is 6.32. The normalized spacial score (nSPS) is 24.1. The molecule has 0 amide bonds. The van der Waals surface area contributed by atoms with E-state index in [1.807, 2.05) is 12.3 Å². The highest BCUT2D eigenvalue weighted by atomic mass is 15.3. The number of piperazine rings is 1. The van der Waals surface area contributed by atoms with Crippen molar-refractivity contribution in [3.8, 4) is 0 Å². The number of nitrogens with zero attached hydrogens (tertiary/aromatic N) is 3. The summed E-state index contributed by atoms with van der Waals surface area (Å²) >= 11 is 0. The van der Waals surface area contributed by atoms with Crippen molar-refractivity contribution in [2.24, 2.45) is 0 Å². The molecular weight excluding hydrogens is 272 g/mol. The molecule has 4 nitrogen and oxygen atoms in total. The van der Waals surface area contributed by atoms with Crippen LogP contribution in [0.1, 0.15) is 12.0 Å². The molecule has 0 saturated carbocycles. The van der Waals surface area contributed by atoms with Gasteiger partial charge in [0.15, 0.2) is 0 Å². The molecule has 1 atom stereocenters. The van der Waals surface area contributed by atoms with Crippen LogP contribution in [0.2, 0.25) is 0 Å². The Kier molecular flexibility index (Phi) is 4.06. The minimum absolute atomic E-state index is 0.741. The second-order valence-electron chi connectivity index (χ2n) is 6.46. The van der Waals surface area contributed by atoms with Gasteiger partial charge in [-0.3, -0.25) is 14.8 Å². The number of rotatable bonds is 3. The lowest BCUT2D eigenvalue weighted by atomic mass is 10.1. The van der Waals surface area contributed by atoms with Crippen LogP contribution in [0.3, 0.4) is 0 Å². The third-order valence-electron chi connectivity index (χ3n) is 5.03. The highest BCUT2D eigenvalue weighted by Crippen LogP contribution is 2.22. The van der Waals surface area contributed by atoms with E-state index in [1.165, 1.54) is 43.5 Å². The van der Waals surface area contributed by atoms with Gasteiger partial charge in [-0.15, -0.1) is 0 Å². The highest BCUT2D eigenvalue weighted by molar-refractivity contribution is 5.81. The molecule has 1 aromatic heterocycles. The van der Waals surface area contributed by atoms with Gasteiger partial charge in [0.05, 0.1) is 5.52 Å². The smallest absolute Gasteiger partial charge is 0.0746 e. The maximum absolute atomic E-state index is 4.59. The number of nitrogens with one attached hydrogen (secondary N) is 1. The van der Waals surface area contributed by atoms with Crippen LogP contribution in [-0.4, -0.2) is 60.1 Å². The fraction of sp³-hybridized carbons (Fsp3) is 0.500. The third kappa shape index (κ3) is 2.86. The molecule has 116 valence electrons. The molecule has 2 aromatic rings. The summed E-state index contributed by atoms with van der Waals surface area (Å²) in [6, 6.07) is 11.4. The number of benzene rings is 1. The van der Waals surface area contributed by atoms with Crippen molar-refractivity contribution >= 4 is 10.9 Å². The van der Waals surface area contributed by atoms with E-state index in [4.69, 9.17) is 0 Å². The molecule has 1 unspecified atom stereocenters. The van der Waals surface area contributed by atoms with Crippen LogP contribution >= 0.6 is 0 Å². The Balaban J connectivity index is 1.45. The average Bonchev–Trinajstić information content (AvgIpc) is 3.05. The van der Waals surface area contributed by atoms with Crippen LogP contribution in [0.15, 0.2) is 36.5 Å². The Hall–Kier alpha value is -1.49. The molecule has 2 fully saturated rings. The lowest BCUT2D eigenvalue weighted by Gasteiger charge is -2.32. The molecule has 1 N–H and O–H groups in total. The van der Waals surface area contributed by atoms with Crippen LogP contribution in [0, 0.1) is 0 Å². The predicted octanol–water partition coefficient (Wildman–Crippen LogP) is 1.71. The van der Waals surface area contributed by atoms with E-state index in [2.05, 4.69) is 44.4 Å². The van der Waals surface area contributed by atoms with Gasteiger partial charge < -0.3 is 5.32 Å². The van der Waals surface area contributed by atoms with Crippen molar-refractivity contribution in [3.63, 3.8) is 0 Å². The van der Waals surface area contributed by atoms with Gasteiger partial charge in [-0.25, -0.2) is 0 Å². The maximum Gasteiger partial charge on any atom is 0.0746 e. The summed E-state index contributed by atoms with van der Waals surface area (Å²) < 4.78 is 0. The molecule has 2 saturated heterocycles. The van der Waals surface area contributed by atoms with Gasteiger partial charge in [0.1, 0.15) is 0 Å². The van der Waals surface area contributed by atoms with E-state index in [1.54, 1.807) is 0 Å². The summed E-state index contributed by atoms with van der Waals surface area (Å²) in [6.07, 6.45) is 3.21. The Labute approximate surface area is 132 Å². The molecule has 0 aliphatic carbocycles. The van der Waals surface area contributed by atoms with Crippen molar-refractivity contribution in [3.05, 3.63) is 42.1 Å². The van der Waals surface area contributed by atoms with Gasteiger partial charge in [-0.2, -0.15) is 0 Å². The number of fused-ring (bicyclic) bond motifs is 1. The zero-order chi connectivity index (χ0) is 14.8. The predicted molar refractivity (Wildman–Crippen MR) is 89.9 cm³/mol. The van der Waals surface area contributed by atoms with Crippen molar-refractivity contribution in [2.75, 3.05) is 39.3 Å². The van der Waals surface area contributed by atoms with Crippen LogP contribution in [0.4, 0.5) is 0 Å². The minimum Gasteiger partial charge on any atom is -0.314 e. The first-order valence-corrected chi connectivity index (χ1v) is 8.40. The summed E-state index contributed by atoms with van der Waals surface area (Å²) in [4.78, 5) is 9.84. The van der Waals surface area contributed by atoms with Gasteiger partial charge >= 0.3 is 0 Å². The molecule has 0 bridgehead atoms. The fourth-order valence-electron chi connectivity index (χ4n) is 3.84. The van der Waals surface area contributed by atoms with Crippen LogP contribution < -0.4 is 5.32 Å². The van der Waals surface area contributed by atoms with Crippen molar-refractivity contribution < 1.29 is 0 Å². The first kappa shape index (κ1) is 14.1. The largest absolute Gasteiger partial charge is 0.314 e.